The van der Waals surface area contributed by atoms with Gasteiger partial charge in [-0.1, -0.05) is 42.8 Å². The Bertz CT molecular complexity index is 1290. The summed E-state index contributed by atoms with van der Waals surface area (Å²) in [6.45, 7) is 0. The largest absolute Gasteiger partial charge is 0.481 e. The lowest BCUT2D eigenvalue weighted by atomic mass is 9.73. The molecule has 5 rings (SSSR count). The number of methoxy groups -OCH3 is 1. The van der Waals surface area contributed by atoms with E-state index in [0.29, 0.717) is 23.6 Å². The first-order valence-corrected chi connectivity index (χ1v) is 12.6. The Morgan fingerprint density at radius 2 is 1.84 bits per heavy atom. The Hall–Kier alpha value is -2.93. The number of sulfonamides is 1. The second-order valence-electron chi connectivity index (χ2n) is 8.63. The lowest BCUT2D eigenvalue weighted by Gasteiger charge is -2.33. The third-order valence-corrected chi connectivity index (χ3v) is 8.23. The van der Waals surface area contributed by atoms with Crippen LogP contribution < -0.4 is 9.46 Å². The third kappa shape index (κ3) is 3.54. The van der Waals surface area contributed by atoms with E-state index < -0.39 is 21.8 Å². The van der Waals surface area contributed by atoms with Crippen molar-refractivity contribution in [2.24, 2.45) is 0 Å². The average Bonchev–Trinajstić information content (AvgIpc) is 2.77. The predicted molar refractivity (Wildman–Crippen MR) is 122 cm³/mol. The highest BCUT2D eigenvalue weighted by Gasteiger charge is 2.36. The maximum absolute atomic E-state index is 13.3. The zero-order valence-electron chi connectivity index (χ0n) is 18.0. The molecule has 0 radical (unpaired) electrons. The summed E-state index contributed by atoms with van der Waals surface area (Å²) in [6, 6.07) is 12.3. The lowest BCUT2D eigenvalue weighted by molar-refractivity contribution is -0.121. The van der Waals surface area contributed by atoms with Crippen molar-refractivity contribution in [2.75, 3.05) is 7.11 Å². The van der Waals surface area contributed by atoms with Gasteiger partial charge < -0.3 is 4.74 Å². The number of fused-ring (bicyclic) bond motifs is 2. The number of benzene rings is 2. The molecular formula is C25H26N2O4S. The molecule has 166 valence electrons. The fourth-order valence-electron chi connectivity index (χ4n) is 5.01. The number of hydrogen-bond acceptors (Lipinski definition) is 5. The topological polar surface area (TPSA) is 85.4 Å². The summed E-state index contributed by atoms with van der Waals surface area (Å²) in [6.07, 6.45) is 7.61. The molecule has 0 spiro atoms. The van der Waals surface area contributed by atoms with Crippen molar-refractivity contribution in [3.05, 3.63) is 65.4 Å². The molecule has 1 heterocycles. The number of ether oxygens (including phenoxy) is 1. The van der Waals surface area contributed by atoms with E-state index in [-0.39, 0.29) is 4.90 Å². The first-order chi connectivity index (χ1) is 15.5. The van der Waals surface area contributed by atoms with Gasteiger partial charge in [0, 0.05) is 17.1 Å². The molecule has 0 bridgehead atoms. The Kier molecular flexibility index (Phi) is 5.37. The standard InChI is InChI=1S/C25H26N2O4S/c1-31-25-23-19(21(15-26-25)17-8-4-9-17)12-6-13-20(23)24(28)27-32(29,30)22-14-5-10-16-7-2-3-11-18(16)22/h2-3,5,7,10-11,14-15,17,20H,4,6,8-9,12-13H2,1H3,(H,27,28)/t20-/m1/s1. The Labute approximate surface area is 188 Å². The van der Waals surface area contributed by atoms with Crippen molar-refractivity contribution in [3.63, 3.8) is 0 Å². The smallest absolute Gasteiger partial charge is 0.264 e. The second-order valence-corrected chi connectivity index (χ2v) is 10.3. The Morgan fingerprint density at radius 1 is 1.06 bits per heavy atom. The van der Waals surface area contributed by atoms with Crippen LogP contribution in [0.1, 0.15) is 60.6 Å². The maximum atomic E-state index is 13.3. The van der Waals surface area contributed by atoms with Gasteiger partial charge in [-0.25, -0.2) is 18.1 Å². The zero-order chi connectivity index (χ0) is 22.3. The number of hydrogen-bond donors (Lipinski definition) is 1. The molecule has 2 aromatic carbocycles. The fraction of sp³-hybridized carbons (Fsp3) is 0.360. The number of aromatic nitrogens is 1. The van der Waals surface area contributed by atoms with E-state index in [1.807, 2.05) is 24.4 Å². The molecule has 7 heteroatoms. The second kappa shape index (κ2) is 8.20. The minimum Gasteiger partial charge on any atom is -0.481 e. The number of carbonyl (C=O) groups is 1. The zero-order valence-corrected chi connectivity index (χ0v) is 18.8. The monoisotopic (exact) mass is 450 g/mol. The van der Waals surface area contributed by atoms with Crippen LogP contribution in [0.25, 0.3) is 10.8 Å². The van der Waals surface area contributed by atoms with Crippen molar-refractivity contribution < 1.29 is 17.9 Å². The van der Waals surface area contributed by atoms with Gasteiger partial charge >= 0.3 is 0 Å². The van der Waals surface area contributed by atoms with Gasteiger partial charge in [-0.05, 0) is 60.6 Å². The van der Waals surface area contributed by atoms with Crippen LogP contribution in [0.5, 0.6) is 5.88 Å². The highest BCUT2D eigenvalue weighted by Crippen LogP contribution is 2.45. The fourth-order valence-corrected chi connectivity index (χ4v) is 6.26. The maximum Gasteiger partial charge on any atom is 0.264 e. The first kappa shape index (κ1) is 20.9. The molecule has 1 saturated carbocycles. The number of amides is 1. The van der Waals surface area contributed by atoms with Crippen molar-refractivity contribution in [2.45, 2.75) is 55.3 Å². The summed E-state index contributed by atoms with van der Waals surface area (Å²) in [5, 5.41) is 1.40. The quantitative estimate of drug-likeness (QED) is 0.621. The average molecular weight is 451 g/mol. The van der Waals surface area contributed by atoms with Crippen molar-refractivity contribution in [1.29, 1.82) is 0 Å². The predicted octanol–water partition coefficient (Wildman–Crippen LogP) is 4.44. The van der Waals surface area contributed by atoms with Crippen molar-refractivity contribution in [1.82, 2.24) is 9.71 Å². The molecule has 0 saturated heterocycles. The highest BCUT2D eigenvalue weighted by molar-refractivity contribution is 7.90. The van der Waals surface area contributed by atoms with Gasteiger partial charge in [0.2, 0.25) is 11.8 Å². The molecule has 2 aliphatic rings. The minimum absolute atomic E-state index is 0.105. The molecule has 1 N–H and O–H groups in total. The number of carbonyl (C=O) groups excluding carboxylic acids is 1. The van der Waals surface area contributed by atoms with Crippen LogP contribution in [0.15, 0.2) is 53.6 Å². The van der Waals surface area contributed by atoms with Gasteiger partial charge in [0.05, 0.1) is 17.9 Å². The molecule has 1 fully saturated rings. The van der Waals surface area contributed by atoms with Gasteiger partial charge in [-0.2, -0.15) is 0 Å². The van der Waals surface area contributed by atoms with Gasteiger partial charge in [-0.3, -0.25) is 4.79 Å². The summed E-state index contributed by atoms with van der Waals surface area (Å²) < 4.78 is 34.3. The van der Waals surface area contributed by atoms with Crippen LogP contribution in [0.4, 0.5) is 0 Å². The summed E-state index contributed by atoms with van der Waals surface area (Å²) >= 11 is 0. The summed E-state index contributed by atoms with van der Waals surface area (Å²) in [5.74, 6) is -0.232. The summed E-state index contributed by atoms with van der Waals surface area (Å²) in [7, 11) is -2.49. The molecule has 32 heavy (non-hydrogen) atoms. The van der Waals surface area contributed by atoms with Crippen LogP contribution in [-0.4, -0.2) is 26.4 Å². The van der Waals surface area contributed by atoms with Crippen LogP contribution in [0.3, 0.4) is 0 Å². The number of nitrogens with one attached hydrogen (secondary N) is 1. The highest BCUT2D eigenvalue weighted by atomic mass is 32.2. The molecule has 1 amide bonds. The number of rotatable bonds is 5. The normalized spacial score (nSPS) is 18.6. The van der Waals surface area contributed by atoms with Crippen LogP contribution in [0.2, 0.25) is 0 Å². The van der Waals surface area contributed by atoms with Crippen LogP contribution >= 0.6 is 0 Å². The van der Waals surface area contributed by atoms with Crippen LogP contribution in [0, 0.1) is 0 Å². The summed E-state index contributed by atoms with van der Waals surface area (Å²) in [4.78, 5) is 17.9. The van der Waals surface area contributed by atoms with Crippen molar-refractivity contribution in [3.8, 4) is 5.88 Å². The Morgan fingerprint density at radius 3 is 2.59 bits per heavy atom. The summed E-state index contributed by atoms with van der Waals surface area (Å²) in [5.41, 5.74) is 3.07. The van der Waals surface area contributed by atoms with E-state index in [0.717, 1.165) is 42.2 Å². The van der Waals surface area contributed by atoms with Gasteiger partial charge in [-0.15, -0.1) is 0 Å². The van der Waals surface area contributed by atoms with E-state index in [4.69, 9.17) is 4.74 Å². The number of pyridine rings is 1. The molecule has 6 nitrogen and oxygen atoms in total. The van der Waals surface area contributed by atoms with E-state index in [9.17, 15) is 13.2 Å². The lowest BCUT2D eigenvalue weighted by Crippen LogP contribution is -2.36. The molecular weight excluding hydrogens is 424 g/mol. The molecule has 2 aliphatic carbocycles. The molecule has 0 aliphatic heterocycles. The first-order valence-electron chi connectivity index (χ1n) is 11.1. The van der Waals surface area contributed by atoms with E-state index in [1.165, 1.54) is 18.1 Å². The molecule has 0 unspecified atom stereocenters. The number of nitrogens with zero attached hydrogens (tertiary/aromatic N) is 1. The minimum atomic E-state index is -4.04. The molecule has 1 aromatic heterocycles. The Balaban J connectivity index is 1.51. The SMILES string of the molecule is COc1ncc(C2CCC2)c2c1[C@H](C(=O)NS(=O)(=O)c1cccc3ccccc13)CCC2. The van der Waals surface area contributed by atoms with Gasteiger partial charge in [0.25, 0.3) is 10.0 Å². The third-order valence-electron chi connectivity index (χ3n) is 6.82. The molecule has 3 aromatic rings. The van der Waals surface area contributed by atoms with E-state index in [2.05, 4.69) is 9.71 Å². The van der Waals surface area contributed by atoms with Crippen LogP contribution in [-0.2, 0) is 21.2 Å². The van der Waals surface area contributed by atoms with E-state index in [1.54, 1.807) is 25.3 Å². The molecule has 1 atom stereocenters. The van der Waals surface area contributed by atoms with Gasteiger partial charge in [0.15, 0.2) is 0 Å². The van der Waals surface area contributed by atoms with Gasteiger partial charge in [0.1, 0.15) is 0 Å². The van der Waals surface area contributed by atoms with E-state index >= 15 is 0 Å². The van der Waals surface area contributed by atoms with Crippen molar-refractivity contribution >= 4 is 26.7 Å².